The first kappa shape index (κ1) is 24.8. The molecule has 1 aliphatic rings. The van der Waals surface area contributed by atoms with Gasteiger partial charge >= 0.3 is 0 Å². The van der Waals surface area contributed by atoms with Gasteiger partial charge in [0, 0.05) is 30.4 Å². The Labute approximate surface area is 225 Å². The van der Waals surface area contributed by atoms with Gasteiger partial charge in [-0.15, -0.1) is 0 Å². The zero-order chi connectivity index (χ0) is 26.8. The van der Waals surface area contributed by atoms with Gasteiger partial charge in [-0.25, -0.2) is 18.1 Å². The molecule has 3 aromatic carbocycles. The van der Waals surface area contributed by atoms with Crippen LogP contribution >= 0.6 is 0 Å². The third-order valence-electron chi connectivity index (χ3n) is 6.54. The minimum absolute atomic E-state index is 0.184. The predicted molar refractivity (Wildman–Crippen MR) is 148 cm³/mol. The molecular weight excluding hydrogens is 512 g/mol. The number of sulfonamides is 1. The first-order valence-corrected chi connectivity index (χ1v) is 13.9. The van der Waals surface area contributed by atoms with E-state index in [9.17, 15) is 13.7 Å². The number of allylic oxidation sites excluding steroid dienone is 1. The third-order valence-corrected chi connectivity index (χ3v) is 8.44. The van der Waals surface area contributed by atoms with Crippen molar-refractivity contribution in [1.29, 1.82) is 5.26 Å². The summed E-state index contributed by atoms with van der Waals surface area (Å²) in [6.07, 6.45) is 3.55. The fourth-order valence-electron chi connectivity index (χ4n) is 4.56. The van der Waals surface area contributed by atoms with Gasteiger partial charge in [0.2, 0.25) is 10.0 Å². The number of fused-ring (bicyclic) bond motifs is 1. The molecule has 0 spiro atoms. The second-order valence-electron chi connectivity index (χ2n) is 9.03. The quantitative estimate of drug-likeness (QED) is 0.319. The van der Waals surface area contributed by atoms with Gasteiger partial charge in [-0.2, -0.15) is 14.7 Å². The molecule has 6 rings (SSSR count). The van der Waals surface area contributed by atoms with Crippen molar-refractivity contribution in [1.82, 2.24) is 24.1 Å². The lowest BCUT2D eigenvalue weighted by atomic mass is 10.1. The van der Waals surface area contributed by atoms with Crippen LogP contribution in [-0.2, 0) is 14.8 Å². The number of nitriles is 1. The molecule has 0 radical (unpaired) electrons. The summed E-state index contributed by atoms with van der Waals surface area (Å²) >= 11 is 0. The second-order valence-corrected chi connectivity index (χ2v) is 11.0. The number of benzene rings is 3. The number of imidazole rings is 1. The average Bonchev–Trinajstić information content (AvgIpc) is 3.61. The van der Waals surface area contributed by atoms with E-state index in [4.69, 9.17) is 9.84 Å². The highest BCUT2D eigenvalue weighted by molar-refractivity contribution is 7.89. The molecular formula is C29H24N6O3S. The molecule has 9 nitrogen and oxygen atoms in total. The van der Waals surface area contributed by atoms with Crippen LogP contribution in [0, 0.1) is 11.3 Å². The Morgan fingerprint density at radius 1 is 1.00 bits per heavy atom. The summed E-state index contributed by atoms with van der Waals surface area (Å²) in [7, 11) is -3.70. The monoisotopic (exact) mass is 536 g/mol. The summed E-state index contributed by atoms with van der Waals surface area (Å²) in [6.45, 7) is 1.36. The number of H-pyrrole nitrogens is 1. The summed E-state index contributed by atoms with van der Waals surface area (Å²) in [6, 6.07) is 26.2. The highest BCUT2D eigenvalue weighted by Gasteiger charge is 2.27. The minimum Gasteiger partial charge on any atom is -0.379 e. The van der Waals surface area contributed by atoms with E-state index in [-0.39, 0.29) is 4.90 Å². The maximum Gasteiger partial charge on any atom is 0.243 e. The van der Waals surface area contributed by atoms with Gasteiger partial charge in [0.15, 0.2) is 0 Å². The summed E-state index contributed by atoms with van der Waals surface area (Å²) < 4.78 is 35.2. The maximum atomic E-state index is 13.4. The number of nitrogens with zero attached hydrogens (tertiary/aromatic N) is 5. The number of morpholine rings is 1. The summed E-state index contributed by atoms with van der Waals surface area (Å²) in [4.78, 5) is 7.97. The van der Waals surface area contributed by atoms with Crippen LogP contribution in [0.5, 0.6) is 0 Å². The second kappa shape index (κ2) is 10.3. The fraction of sp³-hybridized carbons (Fsp3) is 0.138. The van der Waals surface area contributed by atoms with E-state index >= 15 is 0 Å². The van der Waals surface area contributed by atoms with Crippen LogP contribution in [0.1, 0.15) is 11.4 Å². The topological polar surface area (TPSA) is 117 Å². The van der Waals surface area contributed by atoms with Gasteiger partial charge in [0.25, 0.3) is 0 Å². The van der Waals surface area contributed by atoms with Crippen LogP contribution in [-0.4, -0.2) is 58.8 Å². The van der Waals surface area contributed by atoms with E-state index in [1.54, 1.807) is 29.0 Å². The van der Waals surface area contributed by atoms with E-state index < -0.39 is 10.0 Å². The maximum absolute atomic E-state index is 13.4. The van der Waals surface area contributed by atoms with E-state index in [0.29, 0.717) is 54.5 Å². The molecule has 5 aromatic rings. The number of hydrogen-bond acceptors (Lipinski definition) is 6. The van der Waals surface area contributed by atoms with Crippen LogP contribution in [0.25, 0.3) is 39.6 Å². The third kappa shape index (κ3) is 4.86. The number of rotatable bonds is 6. The van der Waals surface area contributed by atoms with Crippen LogP contribution in [0.3, 0.4) is 0 Å². The largest absolute Gasteiger partial charge is 0.379 e. The molecule has 1 aliphatic heterocycles. The first-order valence-electron chi connectivity index (χ1n) is 12.4. The molecule has 1 fully saturated rings. The molecule has 1 saturated heterocycles. The predicted octanol–water partition coefficient (Wildman–Crippen LogP) is 4.50. The molecule has 3 heterocycles. The van der Waals surface area contributed by atoms with Crippen LogP contribution in [0.2, 0.25) is 0 Å². The van der Waals surface area contributed by atoms with Gasteiger partial charge in [-0.1, -0.05) is 42.5 Å². The lowest BCUT2D eigenvalue weighted by Crippen LogP contribution is -2.40. The van der Waals surface area contributed by atoms with Crippen molar-refractivity contribution in [3.8, 4) is 23.0 Å². The van der Waals surface area contributed by atoms with Crippen molar-refractivity contribution in [2.75, 3.05) is 26.3 Å². The Morgan fingerprint density at radius 2 is 1.77 bits per heavy atom. The van der Waals surface area contributed by atoms with Gasteiger partial charge in [-0.05, 0) is 42.5 Å². The zero-order valence-electron chi connectivity index (χ0n) is 20.9. The fourth-order valence-corrected chi connectivity index (χ4v) is 6.01. The Bertz CT molecular complexity index is 1790. The summed E-state index contributed by atoms with van der Waals surface area (Å²) in [5.74, 6) is 0.445. The molecule has 0 amide bonds. The molecule has 39 heavy (non-hydrogen) atoms. The van der Waals surface area contributed by atoms with E-state index in [1.807, 2.05) is 66.9 Å². The van der Waals surface area contributed by atoms with Gasteiger partial charge in [-0.3, -0.25) is 0 Å². The van der Waals surface area contributed by atoms with E-state index in [1.165, 1.54) is 4.31 Å². The van der Waals surface area contributed by atoms with E-state index in [0.717, 1.165) is 16.7 Å². The highest BCUT2D eigenvalue weighted by atomic mass is 32.2. The smallest absolute Gasteiger partial charge is 0.243 e. The minimum atomic E-state index is -3.70. The van der Waals surface area contributed by atoms with Crippen molar-refractivity contribution in [3.05, 3.63) is 96.4 Å². The van der Waals surface area contributed by atoms with Crippen molar-refractivity contribution in [2.24, 2.45) is 0 Å². The number of aromatic nitrogens is 4. The molecule has 1 N–H and O–H groups in total. The molecule has 194 valence electrons. The van der Waals surface area contributed by atoms with Gasteiger partial charge in [0.05, 0.1) is 40.4 Å². The molecule has 0 saturated carbocycles. The lowest BCUT2D eigenvalue weighted by molar-refractivity contribution is 0.0730. The van der Waals surface area contributed by atoms with Gasteiger partial charge in [0.1, 0.15) is 17.6 Å². The van der Waals surface area contributed by atoms with Crippen molar-refractivity contribution < 1.29 is 13.2 Å². The number of aromatic amines is 1. The number of nitrogens with one attached hydrogen (secondary N) is 1. The average molecular weight is 537 g/mol. The standard InChI is InChI=1S/C29H24N6O3S/c30-19-22(29-31-26-11-4-5-12-27(26)32-29)17-23-20-35(24-8-2-1-3-9-24)33-28(23)21-7-6-10-25(18-21)39(36,37)34-13-15-38-16-14-34/h1-12,17-18,20H,13-16H2,(H,31,32). The Balaban J connectivity index is 1.47. The zero-order valence-corrected chi connectivity index (χ0v) is 21.7. The molecule has 0 aliphatic carbocycles. The lowest BCUT2D eigenvalue weighted by Gasteiger charge is -2.26. The van der Waals surface area contributed by atoms with Crippen molar-refractivity contribution >= 4 is 32.7 Å². The van der Waals surface area contributed by atoms with E-state index in [2.05, 4.69) is 16.0 Å². The Kier molecular flexibility index (Phi) is 6.54. The van der Waals surface area contributed by atoms with Crippen LogP contribution in [0.15, 0.2) is 90.0 Å². The molecule has 0 bridgehead atoms. The van der Waals surface area contributed by atoms with Gasteiger partial charge < -0.3 is 9.72 Å². The Hall–Kier alpha value is -4.56. The molecule has 2 aromatic heterocycles. The van der Waals surface area contributed by atoms with Crippen LogP contribution in [0.4, 0.5) is 0 Å². The first-order chi connectivity index (χ1) is 19.0. The molecule has 0 atom stereocenters. The number of hydrogen-bond donors (Lipinski definition) is 1. The molecule has 10 heteroatoms. The van der Waals surface area contributed by atoms with Crippen molar-refractivity contribution in [2.45, 2.75) is 4.90 Å². The summed E-state index contributed by atoms with van der Waals surface area (Å²) in [5.41, 5.74) is 4.56. The van der Waals surface area contributed by atoms with Crippen LogP contribution < -0.4 is 0 Å². The normalized spacial score (nSPS) is 14.9. The highest BCUT2D eigenvalue weighted by Crippen LogP contribution is 2.30. The van der Waals surface area contributed by atoms with Crippen molar-refractivity contribution in [3.63, 3.8) is 0 Å². The Morgan fingerprint density at radius 3 is 2.54 bits per heavy atom. The molecule has 0 unspecified atom stereocenters. The number of ether oxygens (including phenoxy) is 1. The summed E-state index contributed by atoms with van der Waals surface area (Å²) in [5, 5.41) is 14.9. The SMILES string of the molecule is N#CC(=Cc1cn(-c2ccccc2)nc1-c1cccc(S(=O)(=O)N2CCOCC2)c1)c1nc2ccccc2[nH]1. The number of para-hydroxylation sites is 3.